The van der Waals surface area contributed by atoms with Crippen LogP contribution in [0.3, 0.4) is 0 Å². The largest absolute Gasteiger partial charge is 0.358 e. The number of ketones is 1. The van der Waals surface area contributed by atoms with E-state index in [9.17, 15) is 14.4 Å². The van der Waals surface area contributed by atoms with Crippen molar-refractivity contribution in [1.29, 1.82) is 0 Å². The van der Waals surface area contributed by atoms with Gasteiger partial charge in [-0.1, -0.05) is 91.0 Å². The predicted octanol–water partition coefficient (Wildman–Crippen LogP) is 3.40. The Morgan fingerprint density at radius 1 is 0.800 bits per heavy atom. The lowest BCUT2D eigenvalue weighted by molar-refractivity contribution is -0.128. The first-order valence-electron chi connectivity index (χ1n) is 11.4. The first kappa shape index (κ1) is 22.7. The Morgan fingerprint density at radius 2 is 1.31 bits per heavy atom. The van der Waals surface area contributed by atoms with Crippen LogP contribution in [-0.4, -0.2) is 28.0 Å². The first-order chi connectivity index (χ1) is 17.1. The van der Waals surface area contributed by atoms with Gasteiger partial charge in [0.05, 0.1) is 12.7 Å². The summed E-state index contributed by atoms with van der Waals surface area (Å²) in [5, 5.41) is 0. The van der Waals surface area contributed by atoms with Crippen LogP contribution in [0.1, 0.15) is 29.3 Å². The molecule has 7 heteroatoms. The minimum absolute atomic E-state index is 0.0880. The molecule has 0 saturated carbocycles. The molecule has 1 saturated heterocycles. The monoisotopic (exact) mass is 468 g/mol. The third-order valence-corrected chi connectivity index (χ3v) is 6.16. The van der Waals surface area contributed by atoms with Gasteiger partial charge in [-0.15, -0.1) is 0 Å². The maximum Gasteiger partial charge on any atom is 0.330 e. The van der Waals surface area contributed by atoms with Crippen molar-refractivity contribution >= 4 is 5.78 Å². The normalized spacial score (nSPS) is 18.0. The van der Waals surface area contributed by atoms with Crippen molar-refractivity contribution < 1.29 is 14.3 Å². The van der Waals surface area contributed by atoms with E-state index in [0.29, 0.717) is 0 Å². The number of aromatic nitrogens is 2. The summed E-state index contributed by atoms with van der Waals surface area (Å²) in [5.74, 6) is -0.252. The molecule has 1 aliphatic heterocycles. The topological polar surface area (TPSA) is 90.4 Å². The van der Waals surface area contributed by atoms with E-state index in [0.717, 1.165) is 21.3 Å². The number of H-pyrrole nitrogens is 1. The molecule has 3 aromatic carbocycles. The zero-order chi connectivity index (χ0) is 24.3. The van der Waals surface area contributed by atoms with Crippen molar-refractivity contribution in [1.82, 2.24) is 9.55 Å². The lowest BCUT2D eigenvalue weighted by Gasteiger charge is -2.36. The summed E-state index contributed by atoms with van der Waals surface area (Å²) < 4.78 is 13.8. The van der Waals surface area contributed by atoms with Crippen LogP contribution in [0.2, 0.25) is 0 Å². The van der Waals surface area contributed by atoms with E-state index in [2.05, 4.69) is 4.98 Å². The molecule has 5 rings (SSSR count). The average Bonchev–Trinajstić information content (AvgIpc) is 3.26. The predicted molar refractivity (Wildman–Crippen MR) is 130 cm³/mol. The van der Waals surface area contributed by atoms with E-state index in [1.807, 2.05) is 91.0 Å². The number of nitrogens with one attached hydrogen (secondary N) is 1. The molecule has 0 aliphatic carbocycles. The van der Waals surface area contributed by atoms with E-state index in [-0.39, 0.29) is 18.8 Å². The van der Waals surface area contributed by atoms with Crippen molar-refractivity contribution in [2.75, 3.05) is 6.61 Å². The Kier molecular flexibility index (Phi) is 6.27. The van der Waals surface area contributed by atoms with Gasteiger partial charge in [-0.25, -0.2) is 4.79 Å². The zero-order valence-corrected chi connectivity index (χ0v) is 18.9. The standard InChI is InChI=1S/C28H24N2O5/c31-24-18-23(35-26(24)30-17-16-25(32)29-27(30)33)19-34-28(20-10-4-1-5-11-20,21-12-6-2-7-13-21)22-14-8-3-9-15-22/h1-17,23,26H,18-19H2,(H,29,32,33)/t23-,26+/m0/s1. The van der Waals surface area contributed by atoms with Crippen molar-refractivity contribution in [3.05, 3.63) is 141 Å². The maximum atomic E-state index is 12.7. The highest BCUT2D eigenvalue weighted by Gasteiger charge is 2.41. The molecule has 0 radical (unpaired) electrons. The molecule has 176 valence electrons. The molecule has 0 unspecified atom stereocenters. The molecule has 2 atom stereocenters. The highest BCUT2D eigenvalue weighted by atomic mass is 16.6. The highest BCUT2D eigenvalue weighted by molar-refractivity contribution is 5.83. The number of aromatic amines is 1. The van der Waals surface area contributed by atoms with Gasteiger partial charge in [0.2, 0.25) is 0 Å². The van der Waals surface area contributed by atoms with Crippen LogP contribution in [0.15, 0.2) is 113 Å². The van der Waals surface area contributed by atoms with E-state index in [1.54, 1.807) is 0 Å². The molecule has 1 aromatic heterocycles. The zero-order valence-electron chi connectivity index (χ0n) is 18.9. The van der Waals surface area contributed by atoms with E-state index < -0.39 is 29.2 Å². The molecule has 0 amide bonds. The fourth-order valence-corrected chi connectivity index (χ4v) is 4.55. The Morgan fingerprint density at radius 3 is 1.80 bits per heavy atom. The minimum atomic E-state index is -1.10. The van der Waals surface area contributed by atoms with Gasteiger partial charge in [0.25, 0.3) is 5.56 Å². The van der Waals surface area contributed by atoms with E-state index in [4.69, 9.17) is 9.47 Å². The smallest absolute Gasteiger partial charge is 0.330 e. The lowest BCUT2D eigenvalue weighted by atomic mass is 9.80. The molecule has 1 fully saturated rings. The van der Waals surface area contributed by atoms with Crippen LogP contribution in [-0.2, 0) is 19.9 Å². The van der Waals surface area contributed by atoms with E-state index >= 15 is 0 Å². The first-order valence-corrected chi connectivity index (χ1v) is 11.4. The maximum absolute atomic E-state index is 12.7. The van der Waals surface area contributed by atoms with Crippen molar-refractivity contribution in [2.45, 2.75) is 24.4 Å². The average molecular weight is 469 g/mol. The molecular formula is C28H24N2O5. The lowest BCUT2D eigenvalue weighted by Crippen LogP contribution is -2.36. The van der Waals surface area contributed by atoms with Crippen molar-refractivity contribution in [3.63, 3.8) is 0 Å². The van der Waals surface area contributed by atoms with Crippen molar-refractivity contribution in [2.24, 2.45) is 0 Å². The third kappa shape index (κ3) is 4.39. The number of rotatable bonds is 7. The van der Waals surface area contributed by atoms with Crippen LogP contribution < -0.4 is 11.2 Å². The fraction of sp³-hybridized carbons (Fsp3) is 0.179. The molecule has 4 aromatic rings. The molecule has 0 bridgehead atoms. The Hall–Kier alpha value is -4.07. The number of carbonyl (C=O) groups excluding carboxylic acids is 1. The Balaban J connectivity index is 1.50. The van der Waals surface area contributed by atoms with Gasteiger partial charge < -0.3 is 9.47 Å². The van der Waals surface area contributed by atoms with Crippen LogP contribution in [0.4, 0.5) is 0 Å². The van der Waals surface area contributed by atoms with Gasteiger partial charge in [0.15, 0.2) is 12.0 Å². The molecule has 1 N–H and O–H groups in total. The number of hydrogen-bond acceptors (Lipinski definition) is 5. The quantitative estimate of drug-likeness (QED) is 0.420. The Labute approximate surface area is 201 Å². The number of ether oxygens (including phenoxy) is 2. The van der Waals surface area contributed by atoms with Gasteiger partial charge in [0, 0.05) is 18.7 Å². The number of Topliss-reactive ketones (excluding diaryl/α,β-unsaturated/α-hetero) is 1. The Bertz CT molecular complexity index is 1320. The summed E-state index contributed by atoms with van der Waals surface area (Å²) in [6.07, 6.45) is -0.311. The second kappa shape index (κ2) is 9.66. The summed E-state index contributed by atoms with van der Waals surface area (Å²) in [6.45, 7) is 0.110. The minimum Gasteiger partial charge on any atom is -0.358 e. The SMILES string of the molecule is O=C1C[C@@H](COC(c2ccccc2)(c2ccccc2)c2ccccc2)O[C@H]1n1ccc(=O)[nH]c1=O. The van der Waals surface area contributed by atoms with Crippen LogP contribution in [0.5, 0.6) is 0 Å². The number of benzene rings is 3. The molecule has 35 heavy (non-hydrogen) atoms. The number of hydrogen-bond donors (Lipinski definition) is 1. The molecule has 7 nitrogen and oxygen atoms in total. The van der Waals surface area contributed by atoms with E-state index in [1.165, 1.54) is 12.3 Å². The molecule has 1 aliphatic rings. The summed E-state index contributed by atoms with van der Waals surface area (Å²) in [5.41, 5.74) is 0.656. The second-order valence-corrected chi connectivity index (χ2v) is 8.39. The number of nitrogens with zero attached hydrogens (tertiary/aromatic N) is 1. The summed E-state index contributed by atoms with van der Waals surface area (Å²) >= 11 is 0. The van der Waals surface area contributed by atoms with Gasteiger partial charge in [0.1, 0.15) is 5.60 Å². The summed E-state index contributed by atoms with van der Waals surface area (Å²) in [7, 11) is 0. The fourth-order valence-electron chi connectivity index (χ4n) is 4.55. The second-order valence-electron chi connectivity index (χ2n) is 8.39. The van der Waals surface area contributed by atoms with Gasteiger partial charge in [-0.05, 0) is 16.7 Å². The van der Waals surface area contributed by atoms with Crippen LogP contribution in [0, 0.1) is 0 Å². The van der Waals surface area contributed by atoms with Crippen LogP contribution >= 0.6 is 0 Å². The van der Waals surface area contributed by atoms with Gasteiger partial charge in [-0.2, -0.15) is 0 Å². The van der Waals surface area contributed by atoms with Gasteiger partial charge >= 0.3 is 5.69 Å². The van der Waals surface area contributed by atoms with Gasteiger partial charge in [-0.3, -0.25) is 19.1 Å². The molecule has 0 spiro atoms. The molecular weight excluding hydrogens is 444 g/mol. The highest BCUT2D eigenvalue weighted by Crippen LogP contribution is 2.41. The number of carbonyl (C=O) groups is 1. The van der Waals surface area contributed by atoms with Crippen LogP contribution in [0.25, 0.3) is 0 Å². The summed E-state index contributed by atoms with van der Waals surface area (Å²) in [6, 6.07) is 30.9. The molecule has 2 heterocycles. The summed E-state index contributed by atoms with van der Waals surface area (Å²) in [4.78, 5) is 38.5. The van der Waals surface area contributed by atoms with Crippen molar-refractivity contribution in [3.8, 4) is 0 Å². The third-order valence-electron chi connectivity index (χ3n) is 6.16.